The van der Waals surface area contributed by atoms with Crippen molar-refractivity contribution in [2.24, 2.45) is 5.10 Å². The minimum Gasteiger partial charge on any atom is -0.291 e. The predicted octanol–water partition coefficient (Wildman–Crippen LogP) is 4.73. The van der Waals surface area contributed by atoms with E-state index in [1.165, 1.54) is 0 Å². The molecule has 0 bridgehead atoms. The first-order valence-corrected chi connectivity index (χ1v) is 8.80. The first-order valence-electron chi connectivity index (χ1n) is 8.01. The Morgan fingerprint density at radius 1 is 0.962 bits per heavy atom. The zero-order valence-corrected chi connectivity index (χ0v) is 15.7. The van der Waals surface area contributed by atoms with Crippen LogP contribution in [0.5, 0.6) is 0 Å². The van der Waals surface area contributed by atoms with Gasteiger partial charge in [-0.15, -0.1) is 0 Å². The van der Waals surface area contributed by atoms with Gasteiger partial charge in [0.25, 0.3) is 0 Å². The number of nitrogens with zero attached hydrogens (tertiary/aromatic N) is 2. The smallest absolute Gasteiger partial charge is 0.291 e. The van der Waals surface area contributed by atoms with Gasteiger partial charge < -0.3 is 0 Å². The minimum atomic E-state index is -0.447. The normalized spacial score (nSPS) is 11.1. The second kappa shape index (κ2) is 8.40. The van der Waals surface area contributed by atoms with Crippen LogP contribution in [0.3, 0.4) is 0 Å². The van der Waals surface area contributed by atoms with Crippen LogP contribution in [-0.2, 0) is 0 Å². The second-order valence-corrected chi connectivity index (χ2v) is 6.48. The summed E-state index contributed by atoms with van der Waals surface area (Å²) in [7, 11) is 0. The molecule has 0 saturated heterocycles. The van der Waals surface area contributed by atoms with Crippen LogP contribution in [0.2, 0.25) is 0 Å². The van der Waals surface area contributed by atoms with Gasteiger partial charge in [0, 0.05) is 21.8 Å². The standard InChI is InChI=1S/C20H17BrN4O/c1-14-6-5-13-22-19(14)23-20(26)25-24-18(15-7-3-2-4-8-15)16-9-11-17(21)12-10-16/h2-13H,1H3,(H2,22,23,25,26)/b24-18+. The van der Waals surface area contributed by atoms with Crippen LogP contribution in [0.15, 0.2) is 82.5 Å². The zero-order chi connectivity index (χ0) is 18.4. The maximum Gasteiger partial charge on any atom is 0.340 e. The molecule has 0 aliphatic carbocycles. The third-order valence-corrected chi connectivity index (χ3v) is 4.20. The maximum absolute atomic E-state index is 12.2. The number of urea groups is 1. The lowest BCUT2D eigenvalue weighted by atomic mass is 10.0. The summed E-state index contributed by atoms with van der Waals surface area (Å²) in [5.41, 5.74) is 5.91. The molecule has 0 fully saturated rings. The number of anilines is 1. The maximum atomic E-state index is 12.2. The molecule has 6 heteroatoms. The van der Waals surface area contributed by atoms with Gasteiger partial charge >= 0.3 is 6.03 Å². The summed E-state index contributed by atoms with van der Waals surface area (Å²) in [6.07, 6.45) is 1.63. The Bertz CT molecular complexity index is 924. The molecule has 2 aromatic carbocycles. The third-order valence-electron chi connectivity index (χ3n) is 3.68. The van der Waals surface area contributed by atoms with Gasteiger partial charge in [-0.1, -0.05) is 64.5 Å². The van der Waals surface area contributed by atoms with Crippen LogP contribution in [-0.4, -0.2) is 16.7 Å². The number of carbonyl (C=O) groups excluding carboxylic acids is 1. The number of hydrogen-bond acceptors (Lipinski definition) is 3. The molecule has 1 aromatic heterocycles. The van der Waals surface area contributed by atoms with Crippen LogP contribution in [0.1, 0.15) is 16.7 Å². The highest BCUT2D eigenvalue weighted by Gasteiger charge is 2.09. The third kappa shape index (κ3) is 4.55. The van der Waals surface area contributed by atoms with Gasteiger partial charge in [0.05, 0.1) is 5.71 Å². The van der Waals surface area contributed by atoms with Crippen molar-refractivity contribution >= 4 is 33.5 Å². The SMILES string of the molecule is Cc1cccnc1NC(=O)N/N=C(\c1ccccc1)c1ccc(Br)cc1. The summed E-state index contributed by atoms with van der Waals surface area (Å²) in [5.74, 6) is 0.505. The van der Waals surface area contributed by atoms with Gasteiger partial charge in [0.15, 0.2) is 0 Å². The van der Waals surface area contributed by atoms with Crippen molar-refractivity contribution in [1.29, 1.82) is 0 Å². The molecule has 0 spiro atoms. The molecule has 130 valence electrons. The number of nitrogens with one attached hydrogen (secondary N) is 2. The zero-order valence-electron chi connectivity index (χ0n) is 14.1. The molecule has 0 radical (unpaired) electrons. The molecule has 3 rings (SSSR count). The summed E-state index contributed by atoms with van der Waals surface area (Å²) >= 11 is 3.43. The predicted molar refractivity (Wildman–Crippen MR) is 107 cm³/mol. The van der Waals surface area contributed by atoms with Crippen LogP contribution < -0.4 is 10.7 Å². The number of rotatable bonds is 4. The highest BCUT2D eigenvalue weighted by molar-refractivity contribution is 9.10. The van der Waals surface area contributed by atoms with E-state index < -0.39 is 6.03 Å². The summed E-state index contributed by atoms with van der Waals surface area (Å²) in [5, 5.41) is 7.03. The number of hydrazone groups is 1. The molecule has 0 aliphatic heterocycles. The van der Waals surface area contributed by atoms with Crippen LogP contribution in [0.25, 0.3) is 0 Å². The molecule has 0 aliphatic rings. The lowest BCUT2D eigenvalue weighted by molar-refractivity contribution is 0.252. The number of aromatic nitrogens is 1. The van der Waals surface area contributed by atoms with Gasteiger partial charge in [-0.2, -0.15) is 5.10 Å². The topological polar surface area (TPSA) is 66.4 Å². The number of amides is 2. The first kappa shape index (κ1) is 17.8. The van der Waals surface area contributed by atoms with E-state index in [0.29, 0.717) is 11.5 Å². The van der Waals surface area contributed by atoms with E-state index in [9.17, 15) is 4.79 Å². The molecule has 2 amide bonds. The van der Waals surface area contributed by atoms with E-state index in [1.807, 2.05) is 73.7 Å². The summed E-state index contributed by atoms with van der Waals surface area (Å²) in [4.78, 5) is 16.4. The summed E-state index contributed by atoms with van der Waals surface area (Å²) in [6, 6.07) is 20.7. The molecule has 2 N–H and O–H groups in total. The summed E-state index contributed by atoms with van der Waals surface area (Å²) in [6.45, 7) is 1.88. The fraction of sp³-hybridized carbons (Fsp3) is 0.0500. The quantitative estimate of drug-likeness (QED) is 0.484. The fourth-order valence-corrected chi connectivity index (χ4v) is 2.62. The van der Waals surface area contributed by atoms with Crippen molar-refractivity contribution in [2.45, 2.75) is 6.92 Å². The van der Waals surface area contributed by atoms with E-state index in [4.69, 9.17) is 0 Å². The van der Waals surface area contributed by atoms with Crippen molar-refractivity contribution in [1.82, 2.24) is 10.4 Å². The van der Waals surface area contributed by atoms with E-state index in [2.05, 4.69) is 36.8 Å². The fourth-order valence-electron chi connectivity index (χ4n) is 2.36. The lowest BCUT2D eigenvalue weighted by Crippen LogP contribution is -2.26. The van der Waals surface area contributed by atoms with Crippen molar-refractivity contribution in [2.75, 3.05) is 5.32 Å². The van der Waals surface area contributed by atoms with Gasteiger partial charge in [0.1, 0.15) is 5.82 Å². The first-order chi connectivity index (χ1) is 12.6. The van der Waals surface area contributed by atoms with E-state index in [1.54, 1.807) is 6.20 Å². The Kier molecular flexibility index (Phi) is 5.76. The van der Waals surface area contributed by atoms with Crippen LogP contribution in [0, 0.1) is 6.92 Å². The molecule has 3 aromatic rings. The largest absolute Gasteiger partial charge is 0.340 e. The average Bonchev–Trinajstić information content (AvgIpc) is 2.66. The molecule has 0 saturated carbocycles. The van der Waals surface area contributed by atoms with Gasteiger partial charge in [0.2, 0.25) is 0 Å². The molecule has 0 atom stereocenters. The number of hydrogen-bond donors (Lipinski definition) is 2. The van der Waals surface area contributed by atoms with Crippen molar-refractivity contribution in [3.8, 4) is 0 Å². The Morgan fingerprint density at radius 2 is 1.65 bits per heavy atom. The van der Waals surface area contributed by atoms with E-state index in [0.717, 1.165) is 21.2 Å². The molecular weight excluding hydrogens is 392 g/mol. The van der Waals surface area contributed by atoms with Gasteiger partial charge in [-0.3, -0.25) is 5.32 Å². The number of carbonyl (C=O) groups is 1. The Balaban J connectivity index is 1.84. The monoisotopic (exact) mass is 408 g/mol. The van der Waals surface area contributed by atoms with Crippen LogP contribution >= 0.6 is 15.9 Å². The van der Waals surface area contributed by atoms with Gasteiger partial charge in [-0.05, 0) is 30.7 Å². The number of pyridine rings is 1. The molecular formula is C20H17BrN4O. The van der Waals surface area contributed by atoms with Crippen LogP contribution in [0.4, 0.5) is 10.6 Å². The average molecular weight is 409 g/mol. The highest BCUT2D eigenvalue weighted by atomic mass is 79.9. The van der Waals surface area contributed by atoms with E-state index in [-0.39, 0.29) is 0 Å². The van der Waals surface area contributed by atoms with E-state index >= 15 is 0 Å². The van der Waals surface area contributed by atoms with Crippen molar-refractivity contribution in [3.05, 3.63) is 94.1 Å². The van der Waals surface area contributed by atoms with Crippen molar-refractivity contribution < 1.29 is 4.79 Å². The second-order valence-electron chi connectivity index (χ2n) is 5.57. The minimum absolute atomic E-state index is 0.447. The Hall–Kier alpha value is -2.99. The Morgan fingerprint density at radius 3 is 2.35 bits per heavy atom. The van der Waals surface area contributed by atoms with Crippen molar-refractivity contribution in [3.63, 3.8) is 0 Å². The number of aryl methyl sites for hydroxylation is 1. The lowest BCUT2D eigenvalue weighted by Gasteiger charge is -2.09. The molecule has 0 unspecified atom stereocenters. The molecule has 26 heavy (non-hydrogen) atoms. The molecule has 5 nitrogen and oxygen atoms in total. The highest BCUT2D eigenvalue weighted by Crippen LogP contribution is 2.15. The Labute approximate surface area is 160 Å². The summed E-state index contributed by atoms with van der Waals surface area (Å²) < 4.78 is 0.977. The molecule has 1 heterocycles. The number of halogens is 1. The number of benzene rings is 2. The van der Waals surface area contributed by atoms with Gasteiger partial charge in [-0.25, -0.2) is 15.2 Å².